The first-order valence-electron chi connectivity index (χ1n) is 8.98. The number of rotatable bonds is 4. The second-order valence-corrected chi connectivity index (χ2v) is 8.28. The van der Waals surface area contributed by atoms with Crippen LogP contribution >= 0.6 is 0 Å². The van der Waals surface area contributed by atoms with E-state index in [4.69, 9.17) is 10.5 Å². The van der Waals surface area contributed by atoms with Crippen molar-refractivity contribution in [1.29, 1.82) is 0 Å². The van der Waals surface area contributed by atoms with Gasteiger partial charge in [-0.1, -0.05) is 36.4 Å². The van der Waals surface area contributed by atoms with Gasteiger partial charge in [-0.2, -0.15) is 0 Å². The number of allylic oxidation sites excluding steroid dienone is 3. The van der Waals surface area contributed by atoms with E-state index in [0.29, 0.717) is 11.4 Å². The van der Waals surface area contributed by atoms with E-state index in [1.165, 1.54) is 19.2 Å². The van der Waals surface area contributed by atoms with Gasteiger partial charge in [0.25, 0.3) is 0 Å². The molecule has 3 N–H and O–H groups in total. The fourth-order valence-corrected chi connectivity index (χ4v) is 4.58. The van der Waals surface area contributed by atoms with Crippen LogP contribution in [0.15, 0.2) is 70.9 Å². The fourth-order valence-electron chi connectivity index (χ4n) is 3.89. The molecular weight excluding hydrogens is 431 g/mol. The predicted molar refractivity (Wildman–Crippen MR) is 108 cm³/mol. The Bertz CT molecular complexity index is 1250. The summed E-state index contributed by atoms with van der Waals surface area (Å²) in [6.45, 7) is 0. The van der Waals surface area contributed by atoms with E-state index in [-0.39, 0.29) is 46.4 Å². The predicted octanol–water partition coefficient (Wildman–Crippen LogP) is -0.964. The van der Waals surface area contributed by atoms with Crippen molar-refractivity contribution in [3.05, 3.63) is 82.0 Å². The second-order valence-electron chi connectivity index (χ2n) is 6.93. The first kappa shape index (κ1) is 23.2. The maximum atomic E-state index is 13.3. The number of ether oxygens (including phenoxy) is 1. The Kier molecular flexibility index (Phi) is 6.45. The van der Waals surface area contributed by atoms with Gasteiger partial charge < -0.3 is 20.3 Å². The van der Waals surface area contributed by atoms with Gasteiger partial charge in [0.1, 0.15) is 15.9 Å². The van der Waals surface area contributed by atoms with E-state index >= 15 is 0 Å². The van der Waals surface area contributed by atoms with E-state index in [0.717, 1.165) is 6.08 Å². The van der Waals surface area contributed by atoms with E-state index in [1.54, 1.807) is 36.4 Å². The summed E-state index contributed by atoms with van der Waals surface area (Å²) in [7, 11) is -3.54. The van der Waals surface area contributed by atoms with Crippen molar-refractivity contribution < 1.29 is 56.9 Å². The van der Waals surface area contributed by atoms with Gasteiger partial charge >= 0.3 is 29.6 Å². The van der Waals surface area contributed by atoms with Crippen molar-refractivity contribution in [3.8, 4) is 5.75 Å². The summed E-state index contributed by atoms with van der Waals surface area (Å²) in [5, 5.41) is 2.97. The van der Waals surface area contributed by atoms with Crippen LogP contribution < -0.4 is 45.3 Å². The van der Waals surface area contributed by atoms with Gasteiger partial charge in [0.05, 0.1) is 29.5 Å². The Labute approximate surface area is 201 Å². The molecule has 2 aromatic carbocycles. The molecule has 0 bridgehead atoms. The zero-order valence-electron chi connectivity index (χ0n) is 16.8. The minimum Gasteiger partial charge on any atom is -0.744 e. The molecule has 0 aromatic heterocycles. The third kappa shape index (κ3) is 3.95. The number of carbonyl (C=O) groups excluding carboxylic acids is 2. The van der Waals surface area contributed by atoms with Crippen LogP contribution in [0, 0.1) is 11.8 Å². The normalized spacial score (nSPS) is 20.3. The van der Waals surface area contributed by atoms with Crippen molar-refractivity contribution in [1.82, 2.24) is 0 Å². The molecular formula is C21H17N2NaO6S. The fraction of sp³-hybridized carbons (Fsp3) is 0.143. The topological polar surface area (TPSA) is 139 Å². The van der Waals surface area contributed by atoms with Crippen molar-refractivity contribution in [2.24, 2.45) is 17.6 Å². The van der Waals surface area contributed by atoms with Crippen LogP contribution in [0.3, 0.4) is 0 Å². The number of carbonyl (C=O) groups is 2. The molecule has 0 saturated carbocycles. The van der Waals surface area contributed by atoms with Crippen LogP contribution in [0.1, 0.15) is 20.7 Å². The zero-order chi connectivity index (χ0) is 21.6. The summed E-state index contributed by atoms with van der Waals surface area (Å²) in [5.74, 6) is -2.87. The van der Waals surface area contributed by atoms with Crippen molar-refractivity contribution >= 4 is 27.4 Å². The van der Waals surface area contributed by atoms with Crippen LogP contribution in [-0.2, 0) is 10.1 Å². The van der Waals surface area contributed by atoms with Crippen LogP contribution in [-0.4, -0.2) is 31.6 Å². The SMILES string of the molecule is COc1ccccc1NC1=CC(S(=O)(=O)[O-])=C(N)C2C(=O)c3ccccc3C(=O)C12.[Na+]. The van der Waals surface area contributed by atoms with Gasteiger partial charge in [-0.05, 0) is 18.2 Å². The molecule has 0 fully saturated rings. The zero-order valence-corrected chi connectivity index (χ0v) is 19.6. The number of Topliss-reactive ketones (excluding diaryl/α,β-unsaturated/α-hetero) is 2. The number of nitrogens with two attached hydrogens (primary N) is 1. The molecule has 0 heterocycles. The summed E-state index contributed by atoms with van der Waals surface area (Å²) in [4.78, 5) is 25.7. The maximum absolute atomic E-state index is 13.3. The number of fused-ring (bicyclic) bond motifs is 2. The number of benzene rings is 2. The van der Waals surface area contributed by atoms with Gasteiger partial charge in [-0.25, -0.2) is 8.42 Å². The average Bonchev–Trinajstić information content (AvgIpc) is 2.72. The number of hydrogen-bond donors (Lipinski definition) is 2. The molecule has 154 valence electrons. The van der Waals surface area contributed by atoms with E-state index in [1.807, 2.05) is 0 Å². The summed E-state index contributed by atoms with van der Waals surface area (Å²) in [5.41, 5.74) is 6.44. The first-order valence-corrected chi connectivity index (χ1v) is 10.4. The summed E-state index contributed by atoms with van der Waals surface area (Å²) < 4.78 is 40.8. The van der Waals surface area contributed by atoms with Crippen molar-refractivity contribution in [2.45, 2.75) is 0 Å². The molecule has 10 heteroatoms. The summed E-state index contributed by atoms with van der Waals surface area (Å²) in [6.07, 6.45) is 1.03. The minimum atomic E-state index is -4.99. The van der Waals surface area contributed by atoms with Crippen LogP contribution in [0.2, 0.25) is 0 Å². The summed E-state index contributed by atoms with van der Waals surface area (Å²) in [6, 6.07) is 13.0. The standard InChI is InChI=1S/C21H18N2O6S.Na/c1-29-15-9-5-4-8-13(15)23-14-10-16(30(26,27)28)19(22)18-17(14)20(24)11-6-2-3-7-12(11)21(18)25;/h2-10,17-18,23H,22H2,1H3,(H,26,27,28);/q;+1/p-1. The smallest absolute Gasteiger partial charge is 0.744 e. The van der Waals surface area contributed by atoms with E-state index in [2.05, 4.69) is 5.32 Å². The molecule has 0 amide bonds. The van der Waals surface area contributed by atoms with Crippen molar-refractivity contribution in [3.63, 3.8) is 0 Å². The largest absolute Gasteiger partial charge is 1.00 e. The first-order chi connectivity index (χ1) is 14.2. The molecule has 4 rings (SSSR count). The van der Waals surface area contributed by atoms with Crippen molar-refractivity contribution in [2.75, 3.05) is 12.4 Å². The van der Waals surface area contributed by atoms with E-state index in [9.17, 15) is 22.6 Å². The monoisotopic (exact) mass is 448 g/mol. The Morgan fingerprint density at radius 3 is 2.10 bits per heavy atom. The third-order valence-electron chi connectivity index (χ3n) is 5.25. The minimum absolute atomic E-state index is 0. The van der Waals surface area contributed by atoms with Gasteiger partial charge in [-0.15, -0.1) is 0 Å². The molecule has 0 spiro atoms. The number of para-hydroxylation sites is 2. The van der Waals surface area contributed by atoms with Crippen LogP contribution in [0.25, 0.3) is 0 Å². The van der Waals surface area contributed by atoms with Gasteiger partial charge in [-0.3, -0.25) is 9.59 Å². The Hall–Kier alpha value is -2.43. The Morgan fingerprint density at radius 1 is 0.968 bits per heavy atom. The van der Waals surface area contributed by atoms with Crippen LogP contribution in [0.4, 0.5) is 5.69 Å². The number of anilines is 1. The number of ketones is 2. The average molecular weight is 448 g/mol. The van der Waals surface area contributed by atoms with E-state index < -0.39 is 44.1 Å². The third-order valence-corrected chi connectivity index (χ3v) is 6.15. The number of nitrogens with one attached hydrogen (secondary N) is 1. The van der Waals surface area contributed by atoms with Gasteiger partial charge in [0.15, 0.2) is 11.6 Å². The molecule has 2 aliphatic rings. The molecule has 0 aliphatic heterocycles. The Morgan fingerprint density at radius 2 is 1.52 bits per heavy atom. The number of hydrogen-bond acceptors (Lipinski definition) is 8. The Balaban J connectivity index is 0.00000272. The second kappa shape index (κ2) is 8.60. The van der Waals surface area contributed by atoms with Crippen LogP contribution in [0.5, 0.6) is 5.75 Å². The molecule has 2 atom stereocenters. The molecule has 2 aromatic rings. The van der Waals surface area contributed by atoms with Gasteiger partial charge in [0, 0.05) is 22.5 Å². The molecule has 2 unspecified atom stereocenters. The molecule has 2 aliphatic carbocycles. The summed E-state index contributed by atoms with van der Waals surface area (Å²) >= 11 is 0. The quantitative estimate of drug-likeness (QED) is 0.450. The molecule has 8 nitrogen and oxygen atoms in total. The maximum Gasteiger partial charge on any atom is 1.00 e. The molecule has 31 heavy (non-hydrogen) atoms. The molecule has 0 radical (unpaired) electrons. The van der Waals surface area contributed by atoms with Gasteiger partial charge in [0.2, 0.25) is 0 Å². The molecule has 0 saturated heterocycles. The number of methoxy groups -OCH3 is 1.